The maximum Gasteiger partial charge on any atom is 0.333 e. The topological polar surface area (TPSA) is 89.5 Å². The van der Waals surface area contributed by atoms with Crippen molar-refractivity contribution < 1.29 is 38.0 Å². The minimum absolute atomic E-state index is 0.0450. The Bertz CT molecular complexity index is 1210. The second-order valence-corrected chi connectivity index (χ2v) is 9.54. The van der Waals surface area contributed by atoms with Crippen LogP contribution in [-0.2, 0) is 29.2 Å². The fourth-order valence-corrected chi connectivity index (χ4v) is 5.51. The molecule has 186 valence electrons. The van der Waals surface area contributed by atoms with Gasteiger partial charge in [-0.05, 0) is 43.9 Å². The summed E-state index contributed by atoms with van der Waals surface area (Å²) in [6.07, 6.45) is 3.58. The van der Waals surface area contributed by atoms with Crippen molar-refractivity contribution in [1.82, 2.24) is 0 Å². The Morgan fingerprint density at radius 2 is 1.91 bits per heavy atom. The van der Waals surface area contributed by atoms with Crippen molar-refractivity contribution in [3.05, 3.63) is 52.0 Å². The summed E-state index contributed by atoms with van der Waals surface area (Å²) in [6.45, 7) is 7.81. The Kier molecular flexibility index (Phi) is 5.57. The molecule has 2 heterocycles. The van der Waals surface area contributed by atoms with E-state index in [1.165, 1.54) is 14.2 Å². The first-order valence-electron chi connectivity index (χ1n) is 11.8. The molecule has 2 aliphatic heterocycles. The molecule has 0 fully saturated rings. The molecule has 4 atom stereocenters. The van der Waals surface area contributed by atoms with Crippen LogP contribution in [0, 0.1) is 11.8 Å². The third-order valence-electron chi connectivity index (χ3n) is 7.82. The minimum Gasteiger partial charge on any atom is -0.493 e. The van der Waals surface area contributed by atoms with E-state index in [0.29, 0.717) is 46.1 Å². The van der Waals surface area contributed by atoms with Crippen molar-refractivity contribution in [3.63, 3.8) is 0 Å². The predicted octanol–water partition coefficient (Wildman–Crippen LogP) is 4.29. The van der Waals surface area contributed by atoms with E-state index >= 15 is 0 Å². The summed E-state index contributed by atoms with van der Waals surface area (Å²) in [5, 5.41) is 0. The largest absolute Gasteiger partial charge is 0.493 e. The molecule has 0 radical (unpaired) electrons. The fraction of sp³-hybridized carbons (Fsp3) is 0.481. The molecular formula is C27H30O8. The van der Waals surface area contributed by atoms with Gasteiger partial charge in [0.2, 0.25) is 24.1 Å². The van der Waals surface area contributed by atoms with Gasteiger partial charge in [-0.2, -0.15) is 0 Å². The molecule has 35 heavy (non-hydrogen) atoms. The maximum absolute atomic E-state index is 14.2. The molecule has 4 aliphatic rings. The fourth-order valence-electron chi connectivity index (χ4n) is 5.51. The van der Waals surface area contributed by atoms with Crippen molar-refractivity contribution in [2.75, 3.05) is 27.6 Å². The zero-order chi connectivity index (χ0) is 25.1. The van der Waals surface area contributed by atoms with Crippen LogP contribution in [0.3, 0.4) is 0 Å². The number of methoxy groups -OCH3 is 2. The van der Waals surface area contributed by atoms with E-state index in [2.05, 4.69) is 13.8 Å². The Hall–Kier alpha value is -3.42. The van der Waals surface area contributed by atoms with Gasteiger partial charge in [-0.15, -0.1) is 0 Å². The average Bonchev–Trinajstić information content (AvgIpc) is 3.48. The van der Waals surface area contributed by atoms with Crippen LogP contribution in [0.2, 0.25) is 0 Å². The highest BCUT2D eigenvalue weighted by Crippen LogP contribution is 2.61. The van der Waals surface area contributed by atoms with Gasteiger partial charge in [0.15, 0.2) is 17.3 Å². The summed E-state index contributed by atoms with van der Waals surface area (Å²) in [7, 11) is 2.98. The number of benzene rings is 1. The number of carbonyl (C=O) groups is 2. The number of Topliss-reactive ketones (excluding diaryl/α,β-unsaturated/α-hetero) is 1. The molecule has 1 spiro atoms. The molecule has 1 unspecified atom stereocenters. The number of ether oxygens (including phenoxy) is 6. The molecule has 0 saturated heterocycles. The van der Waals surface area contributed by atoms with E-state index in [1.54, 1.807) is 19.9 Å². The van der Waals surface area contributed by atoms with Crippen molar-refractivity contribution in [3.8, 4) is 17.2 Å². The molecule has 0 bridgehead atoms. The zero-order valence-corrected chi connectivity index (χ0v) is 20.9. The number of rotatable bonds is 4. The number of ketones is 1. The molecular weight excluding hydrogens is 452 g/mol. The van der Waals surface area contributed by atoms with Gasteiger partial charge in [0.25, 0.3) is 0 Å². The first-order valence-corrected chi connectivity index (χ1v) is 11.8. The number of hydrogen-bond donors (Lipinski definition) is 0. The SMILES string of the molecule is C/C=C(/C)C(=O)O[C@H]1c2cc3c(c4c2C2(CO4)C(=O)C(OC)=C(OC)C=C2C[C@@H](C)[C@H]1C)OCO3. The monoisotopic (exact) mass is 482 g/mol. The lowest BCUT2D eigenvalue weighted by molar-refractivity contribution is -0.148. The van der Waals surface area contributed by atoms with Gasteiger partial charge >= 0.3 is 5.97 Å². The van der Waals surface area contributed by atoms with Crippen molar-refractivity contribution in [1.29, 1.82) is 0 Å². The highest BCUT2D eigenvalue weighted by Gasteiger charge is 2.59. The summed E-state index contributed by atoms with van der Waals surface area (Å²) in [5.74, 6) is 1.30. The van der Waals surface area contributed by atoms with Crippen LogP contribution in [0.15, 0.2) is 40.9 Å². The van der Waals surface area contributed by atoms with Crippen molar-refractivity contribution in [2.45, 2.75) is 45.6 Å². The van der Waals surface area contributed by atoms with E-state index in [9.17, 15) is 9.59 Å². The summed E-state index contributed by atoms with van der Waals surface area (Å²) >= 11 is 0. The molecule has 5 rings (SSSR count). The van der Waals surface area contributed by atoms with Gasteiger partial charge in [-0.1, -0.05) is 19.9 Å². The van der Waals surface area contributed by atoms with E-state index in [1.807, 2.05) is 12.1 Å². The third-order valence-corrected chi connectivity index (χ3v) is 7.82. The molecule has 8 heteroatoms. The summed E-state index contributed by atoms with van der Waals surface area (Å²) in [5.41, 5.74) is 1.59. The van der Waals surface area contributed by atoms with Gasteiger partial charge in [-0.3, -0.25) is 4.79 Å². The molecule has 1 aromatic rings. The summed E-state index contributed by atoms with van der Waals surface area (Å²) < 4.78 is 34.9. The van der Waals surface area contributed by atoms with Gasteiger partial charge < -0.3 is 28.4 Å². The molecule has 2 aliphatic carbocycles. The van der Waals surface area contributed by atoms with Crippen LogP contribution in [0.5, 0.6) is 17.2 Å². The first-order chi connectivity index (χ1) is 16.8. The lowest BCUT2D eigenvalue weighted by atomic mass is 9.62. The van der Waals surface area contributed by atoms with Crippen LogP contribution in [0.25, 0.3) is 0 Å². The number of esters is 1. The lowest BCUT2D eigenvalue weighted by Crippen LogP contribution is -2.46. The maximum atomic E-state index is 14.2. The molecule has 1 aromatic carbocycles. The van der Waals surface area contributed by atoms with Gasteiger partial charge in [0, 0.05) is 22.6 Å². The minimum atomic E-state index is -1.15. The summed E-state index contributed by atoms with van der Waals surface area (Å²) in [4.78, 5) is 27.1. The van der Waals surface area contributed by atoms with Gasteiger partial charge in [-0.25, -0.2) is 4.79 Å². The van der Waals surface area contributed by atoms with Crippen molar-refractivity contribution in [2.24, 2.45) is 11.8 Å². The smallest absolute Gasteiger partial charge is 0.333 e. The highest BCUT2D eigenvalue weighted by molar-refractivity contribution is 6.08. The quantitative estimate of drug-likeness (QED) is 0.464. The van der Waals surface area contributed by atoms with Gasteiger partial charge in [0.05, 0.1) is 14.2 Å². The van der Waals surface area contributed by atoms with E-state index < -0.39 is 17.5 Å². The summed E-state index contributed by atoms with van der Waals surface area (Å²) in [6, 6.07) is 1.84. The van der Waals surface area contributed by atoms with Crippen LogP contribution in [0.1, 0.15) is 51.3 Å². The van der Waals surface area contributed by atoms with E-state index in [4.69, 9.17) is 28.4 Å². The Morgan fingerprint density at radius 1 is 1.14 bits per heavy atom. The lowest BCUT2D eigenvalue weighted by Gasteiger charge is -2.41. The second-order valence-electron chi connectivity index (χ2n) is 9.54. The van der Waals surface area contributed by atoms with Crippen LogP contribution >= 0.6 is 0 Å². The zero-order valence-electron chi connectivity index (χ0n) is 20.9. The Balaban J connectivity index is 1.80. The van der Waals surface area contributed by atoms with Gasteiger partial charge in [0.1, 0.15) is 18.1 Å². The molecule has 0 amide bonds. The first kappa shape index (κ1) is 23.3. The molecule has 0 N–H and O–H groups in total. The molecule has 0 saturated carbocycles. The number of carbonyl (C=O) groups excluding carboxylic acids is 2. The second kappa shape index (κ2) is 8.36. The van der Waals surface area contributed by atoms with Crippen molar-refractivity contribution >= 4 is 11.8 Å². The highest BCUT2D eigenvalue weighted by atomic mass is 16.7. The predicted molar refractivity (Wildman–Crippen MR) is 125 cm³/mol. The number of allylic oxidation sites excluding steroid dienone is 3. The van der Waals surface area contributed by atoms with Crippen LogP contribution < -0.4 is 14.2 Å². The number of hydrogen-bond acceptors (Lipinski definition) is 8. The van der Waals surface area contributed by atoms with E-state index in [0.717, 1.165) is 5.57 Å². The van der Waals surface area contributed by atoms with E-state index in [-0.39, 0.29) is 36.8 Å². The molecule has 0 aromatic heterocycles. The Morgan fingerprint density at radius 3 is 2.60 bits per heavy atom. The third kappa shape index (κ3) is 3.18. The van der Waals surface area contributed by atoms with Crippen LogP contribution in [-0.4, -0.2) is 39.4 Å². The average molecular weight is 483 g/mol. The number of fused-ring (bicyclic) bond motifs is 2. The van der Waals surface area contributed by atoms with Crippen LogP contribution in [0.4, 0.5) is 0 Å². The normalized spacial score (nSPS) is 28.9. The Labute approximate surface area is 204 Å². The standard InChI is InChI=1S/C27H30O8/c1-7-13(2)26(29)35-21-15(4)14(3)8-16-9-18(30-5)23(31-6)25(28)27(16)11-32-24-20(27)17(21)10-19-22(24)34-12-33-19/h7,9-10,14-15,21H,8,11-12H2,1-6H3/b13-7-/t14-,15-,21-,27?/m1/s1. The molecule has 8 nitrogen and oxygen atoms in total.